The molecule has 0 aromatic heterocycles. The number of nitrogens with zero attached hydrogens (tertiary/aromatic N) is 1. The smallest absolute Gasteiger partial charge is 0.248 e. The molecule has 1 aliphatic heterocycles. The summed E-state index contributed by atoms with van der Waals surface area (Å²) in [6.45, 7) is 1.77. The molecule has 1 fully saturated rings. The molecule has 0 radical (unpaired) electrons. The molecule has 158 valence electrons. The Morgan fingerprint density at radius 2 is 1.83 bits per heavy atom. The molecule has 1 saturated heterocycles. The van der Waals surface area contributed by atoms with Gasteiger partial charge in [0, 0.05) is 37.0 Å². The highest BCUT2D eigenvalue weighted by atomic mass is 16.5. The maximum absolute atomic E-state index is 11.2. The summed E-state index contributed by atoms with van der Waals surface area (Å²) in [5.74, 6) is 1.11. The molecular weight excluding hydrogens is 380 g/mol. The van der Waals surface area contributed by atoms with Crippen LogP contribution < -0.4 is 15.8 Å². The molecule has 2 aromatic carbocycles. The quantitative estimate of drug-likeness (QED) is 0.460. The fourth-order valence-electron chi connectivity index (χ4n) is 3.67. The Kier molecular flexibility index (Phi) is 7.08. The fourth-order valence-corrected chi connectivity index (χ4v) is 3.67. The second kappa shape index (κ2) is 9.93. The number of hydrogen-bond donors (Lipinski definition) is 3. The molecule has 1 amide bonds. The van der Waals surface area contributed by atoms with Crippen LogP contribution in [-0.2, 0) is 11.3 Å². The minimum atomic E-state index is -0.459. The molecule has 0 aliphatic carbocycles. The van der Waals surface area contributed by atoms with Gasteiger partial charge in [-0.25, -0.2) is 0 Å². The number of methoxy groups -OCH3 is 1. The van der Waals surface area contributed by atoms with Gasteiger partial charge in [0.15, 0.2) is 0 Å². The van der Waals surface area contributed by atoms with Crippen LogP contribution in [0.5, 0.6) is 11.5 Å². The van der Waals surface area contributed by atoms with E-state index in [0.717, 1.165) is 37.3 Å². The molecule has 3 rings (SSSR count). The molecule has 30 heavy (non-hydrogen) atoms. The lowest BCUT2D eigenvalue weighted by Crippen LogP contribution is -2.34. The van der Waals surface area contributed by atoms with Crippen LogP contribution >= 0.6 is 0 Å². The van der Waals surface area contributed by atoms with Crippen molar-refractivity contribution >= 4 is 11.8 Å². The van der Waals surface area contributed by atoms with E-state index < -0.39 is 5.91 Å². The van der Waals surface area contributed by atoms with E-state index in [-0.39, 0.29) is 11.9 Å². The molecule has 0 bridgehead atoms. The first-order valence-corrected chi connectivity index (χ1v) is 9.92. The van der Waals surface area contributed by atoms with Crippen molar-refractivity contribution in [2.75, 3.05) is 20.7 Å². The molecule has 4 N–H and O–H groups in total. The maximum atomic E-state index is 11.2. The number of rotatable bonds is 8. The lowest BCUT2D eigenvalue weighted by atomic mass is 10.0. The number of benzene rings is 2. The van der Waals surface area contributed by atoms with E-state index in [1.54, 1.807) is 24.3 Å². The van der Waals surface area contributed by atoms with E-state index in [9.17, 15) is 4.79 Å². The molecule has 7 nitrogen and oxygen atoms in total. The molecule has 1 aliphatic rings. The molecule has 0 unspecified atom stereocenters. The highest BCUT2D eigenvalue weighted by Crippen LogP contribution is 2.27. The number of amides is 1. The number of hydrogen-bond acceptors (Lipinski definition) is 6. The van der Waals surface area contributed by atoms with Crippen molar-refractivity contribution < 1.29 is 14.3 Å². The van der Waals surface area contributed by atoms with Crippen LogP contribution in [0.4, 0.5) is 0 Å². The molecular formula is C23H28N4O3. The summed E-state index contributed by atoms with van der Waals surface area (Å²) in [5.41, 5.74) is 7.75. The number of carbonyl (C=O) groups excluding carboxylic acids is 1. The Balaban J connectivity index is 1.65. The average molecular weight is 409 g/mol. The highest BCUT2D eigenvalue weighted by Gasteiger charge is 2.30. The minimum absolute atomic E-state index is 0.157. The number of primary amides is 1. The summed E-state index contributed by atoms with van der Waals surface area (Å²) in [4.78, 5) is 13.5. The maximum Gasteiger partial charge on any atom is 0.248 e. The minimum Gasteiger partial charge on any atom is -0.481 e. The van der Waals surface area contributed by atoms with E-state index in [0.29, 0.717) is 11.3 Å². The van der Waals surface area contributed by atoms with Crippen LogP contribution in [0, 0.1) is 5.41 Å². The molecule has 0 spiro atoms. The Labute approximate surface area is 177 Å². The van der Waals surface area contributed by atoms with Crippen LogP contribution in [0.1, 0.15) is 28.8 Å². The van der Waals surface area contributed by atoms with Crippen molar-refractivity contribution in [3.05, 3.63) is 71.4 Å². The molecule has 2 aromatic rings. The van der Waals surface area contributed by atoms with Gasteiger partial charge in [-0.1, -0.05) is 12.1 Å². The van der Waals surface area contributed by atoms with Gasteiger partial charge >= 0.3 is 0 Å². The van der Waals surface area contributed by atoms with Crippen LogP contribution in [0.2, 0.25) is 0 Å². The van der Waals surface area contributed by atoms with Crippen LogP contribution in [0.15, 0.2) is 60.3 Å². The SMILES string of the molecule is CN/C=C(\C(=N)OC)[C@@H]1CCCN1Cc1ccc(Oc2ccc(C(N)=O)cc2)cc1. The number of nitrogens with one attached hydrogen (secondary N) is 2. The second-order valence-electron chi connectivity index (χ2n) is 7.18. The van der Waals surface area contributed by atoms with Crippen molar-refractivity contribution in [1.82, 2.24) is 10.2 Å². The Hall–Kier alpha value is -3.32. The van der Waals surface area contributed by atoms with Crippen molar-refractivity contribution in [2.45, 2.75) is 25.4 Å². The van der Waals surface area contributed by atoms with Crippen LogP contribution in [0.25, 0.3) is 0 Å². The van der Waals surface area contributed by atoms with E-state index in [4.69, 9.17) is 20.6 Å². The predicted octanol–water partition coefficient (Wildman–Crippen LogP) is 3.27. The van der Waals surface area contributed by atoms with E-state index in [1.165, 1.54) is 12.7 Å². The van der Waals surface area contributed by atoms with Gasteiger partial charge < -0.3 is 20.5 Å². The summed E-state index contributed by atoms with van der Waals surface area (Å²) < 4.78 is 11.0. The summed E-state index contributed by atoms with van der Waals surface area (Å²) in [7, 11) is 3.37. The predicted molar refractivity (Wildman–Crippen MR) is 117 cm³/mol. The van der Waals surface area contributed by atoms with E-state index in [2.05, 4.69) is 10.2 Å². The van der Waals surface area contributed by atoms with E-state index >= 15 is 0 Å². The second-order valence-corrected chi connectivity index (χ2v) is 7.18. The van der Waals surface area contributed by atoms with Gasteiger partial charge in [0.1, 0.15) is 11.5 Å². The fraction of sp³-hybridized carbons (Fsp3) is 0.304. The zero-order chi connectivity index (χ0) is 21.5. The van der Waals surface area contributed by atoms with Gasteiger partial charge in [-0.05, 0) is 61.3 Å². The Bertz CT molecular complexity index is 907. The lowest BCUT2D eigenvalue weighted by Gasteiger charge is -2.26. The van der Waals surface area contributed by atoms with E-state index in [1.807, 2.05) is 37.5 Å². The van der Waals surface area contributed by atoms with Crippen molar-refractivity contribution in [1.29, 1.82) is 5.41 Å². The third-order valence-electron chi connectivity index (χ3n) is 5.17. The number of likely N-dealkylation sites (tertiary alicyclic amines) is 1. The van der Waals surface area contributed by atoms with Gasteiger partial charge in [-0.15, -0.1) is 0 Å². The number of nitrogens with two attached hydrogens (primary N) is 1. The summed E-state index contributed by atoms with van der Waals surface area (Å²) in [6.07, 6.45) is 3.95. The summed E-state index contributed by atoms with van der Waals surface area (Å²) in [6, 6.07) is 14.9. The monoisotopic (exact) mass is 408 g/mol. The summed E-state index contributed by atoms with van der Waals surface area (Å²) in [5, 5.41) is 11.1. The van der Waals surface area contributed by atoms with Gasteiger partial charge in [0.2, 0.25) is 11.8 Å². The number of ether oxygens (including phenoxy) is 2. The van der Waals surface area contributed by atoms with Gasteiger partial charge in [0.05, 0.1) is 7.11 Å². The zero-order valence-electron chi connectivity index (χ0n) is 17.4. The van der Waals surface area contributed by atoms with Crippen molar-refractivity contribution in [3.8, 4) is 11.5 Å². The largest absolute Gasteiger partial charge is 0.481 e. The average Bonchev–Trinajstić information content (AvgIpc) is 3.21. The third-order valence-corrected chi connectivity index (χ3v) is 5.17. The van der Waals surface area contributed by atoms with Gasteiger partial charge in [0.25, 0.3) is 0 Å². The topological polar surface area (TPSA) is 101 Å². The lowest BCUT2D eigenvalue weighted by molar-refractivity contribution is 0.100. The Morgan fingerprint density at radius 1 is 1.20 bits per heavy atom. The first-order chi connectivity index (χ1) is 14.5. The van der Waals surface area contributed by atoms with Crippen LogP contribution in [0.3, 0.4) is 0 Å². The first kappa shape index (κ1) is 21.4. The highest BCUT2D eigenvalue weighted by molar-refractivity contribution is 5.93. The van der Waals surface area contributed by atoms with Gasteiger partial charge in [-0.2, -0.15) is 0 Å². The Morgan fingerprint density at radius 3 is 2.40 bits per heavy atom. The molecule has 1 atom stereocenters. The molecule has 0 saturated carbocycles. The molecule has 1 heterocycles. The zero-order valence-corrected chi connectivity index (χ0v) is 17.4. The van der Waals surface area contributed by atoms with Gasteiger partial charge in [-0.3, -0.25) is 15.1 Å². The standard InChI is InChI=1S/C23H28N4O3/c1-26-14-20(23(25)29-2)21-4-3-13-27(21)15-16-5-9-18(10-6-16)30-19-11-7-17(8-12-19)22(24)28/h5-12,14,21,25-26H,3-4,13,15H2,1-2H3,(H2,24,28)/b20-14-,25-23?/t21-/m0/s1. The van der Waals surface area contributed by atoms with Crippen molar-refractivity contribution in [2.24, 2.45) is 5.73 Å². The van der Waals surface area contributed by atoms with Crippen molar-refractivity contribution in [3.63, 3.8) is 0 Å². The van der Waals surface area contributed by atoms with Crippen LogP contribution in [-0.4, -0.2) is 43.4 Å². The molecule has 7 heteroatoms. The third kappa shape index (κ3) is 5.18. The normalized spacial score (nSPS) is 16.9. The summed E-state index contributed by atoms with van der Waals surface area (Å²) >= 11 is 0. The first-order valence-electron chi connectivity index (χ1n) is 9.92. The number of carbonyl (C=O) groups is 1.